The van der Waals surface area contributed by atoms with E-state index in [0.717, 1.165) is 24.2 Å². The lowest BCUT2D eigenvalue weighted by molar-refractivity contribution is -0.128. The highest BCUT2D eigenvalue weighted by atomic mass is 16.5. The lowest BCUT2D eigenvalue weighted by Crippen LogP contribution is -2.43. The molecule has 0 spiro atoms. The van der Waals surface area contributed by atoms with Crippen molar-refractivity contribution < 1.29 is 9.53 Å². The van der Waals surface area contributed by atoms with E-state index in [1.807, 2.05) is 38.1 Å². The van der Waals surface area contributed by atoms with Crippen molar-refractivity contribution in [2.45, 2.75) is 59.1 Å². The molecule has 19 heavy (non-hydrogen) atoms. The Kier molecular flexibility index (Phi) is 6.40. The number of benzene rings is 1. The average Bonchev–Trinajstić information content (AvgIpc) is 2.41. The standard InChI is InChI=1S/C16H25NO2/c1-5-13(6-2)17-16(18)15(7-3)19-14-10-8-9-12(4)11-14/h8-11,13,15H,5-7H2,1-4H3,(H,17,18). The van der Waals surface area contributed by atoms with Crippen LogP contribution in [0.3, 0.4) is 0 Å². The van der Waals surface area contributed by atoms with Crippen LogP contribution >= 0.6 is 0 Å². The zero-order chi connectivity index (χ0) is 14.3. The van der Waals surface area contributed by atoms with Gasteiger partial charge in [-0.05, 0) is 43.9 Å². The first kappa shape index (κ1) is 15.5. The van der Waals surface area contributed by atoms with Crippen LogP contribution in [0.2, 0.25) is 0 Å². The van der Waals surface area contributed by atoms with Crippen molar-refractivity contribution in [1.29, 1.82) is 0 Å². The summed E-state index contributed by atoms with van der Waals surface area (Å²) in [6.45, 7) is 8.14. The Morgan fingerprint density at radius 1 is 1.21 bits per heavy atom. The molecule has 106 valence electrons. The van der Waals surface area contributed by atoms with E-state index in [9.17, 15) is 4.79 Å². The van der Waals surface area contributed by atoms with Gasteiger partial charge in [-0.2, -0.15) is 0 Å². The Morgan fingerprint density at radius 3 is 2.42 bits per heavy atom. The van der Waals surface area contributed by atoms with E-state index in [1.54, 1.807) is 0 Å². The van der Waals surface area contributed by atoms with E-state index in [0.29, 0.717) is 6.42 Å². The molecule has 0 bridgehead atoms. The van der Waals surface area contributed by atoms with E-state index in [1.165, 1.54) is 0 Å². The molecule has 1 atom stereocenters. The van der Waals surface area contributed by atoms with Crippen molar-refractivity contribution in [3.8, 4) is 5.75 Å². The minimum Gasteiger partial charge on any atom is -0.481 e. The Bertz CT molecular complexity index is 399. The van der Waals surface area contributed by atoms with Gasteiger partial charge in [0.2, 0.25) is 0 Å². The van der Waals surface area contributed by atoms with Crippen LogP contribution in [0.25, 0.3) is 0 Å². The Morgan fingerprint density at radius 2 is 1.89 bits per heavy atom. The molecule has 0 heterocycles. The highest BCUT2D eigenvalue weighted by molar-refractivity contribution is 5.81. The summed E-state index contributed by atoms with van der Waals surface area (Å²) in [5.41, 5.74) is 1.13. The second-order valence-corrected chi connectivity index (χ2v) is 4.85. The number of amides is 1. The molecule has 1 N–H and O–H groups in total. The first-order valence-electron chi connectivity index (χ1n) is 7.14. The fourth-order valence-corrected chi connectivity index (χ4v) is 1.96. The van der Waals surface area contributed by atoms with Gasteiger partial charge in [0.1, 0.15) is 5.75 Å². The van der Waals surface area contributed by atoms with E-state index in [2.05, 4.69) is 19.2 Å². The third-order valence-electron chi connectivity index (χ3n) is 3.26. The molecule has 0 aliphatic rings. The molecule has 3 nitrogen and oxygen atoms in total. The number of carbonyl (C=O) groups excluding carboxylic acids is 1. The average molecular weight is 263 g/mol. The van der Waals surface area contributed by atoms with Gasteiger partial charge in [0.05, 0.1) is 0 Å². The second kappa shape index (κ2) is 7.82. The normalized spacial score (nSPS) is 12.3. The van der Waals surface area contributed by atoms with Crippen molar-refractivity contribution in [3.63, 3.8) is 0 Å². The number of aryl methyl sites for hydroxylation is 1. The highest BCUT2D eigenvalue weighted by Gasteiger charge is 2.20. The third kappa shape index (κ3) is 4.93. The Balaban J connectivity index is 2.64. The molecule has 1 rings (SSSR count). The predicted molar refractivity (Wildman–Crippen MR) is 78.4 cm³/mol. The number of carbonyl (C=O) groups is 1. The summed E-state index contributed by atoms with van der Waals surface area (Å²) in [5.74, 6) is 0.740. The molecule has 0 fully saturated rings. The fraction of sp³-hybridized carbons (Fsp3) is 0.562. The minimum atomic E-state index is -0.414. The van der Waals surface area contributed by atoms with Crippen LogP contribution in [0.15, 0.2) is 24.3 Å². The molecule has 1 aromatic carbocycles. The second-order valence-electron chi connectivity index (χ2n) is 4.85. The molecule has 3 heteroatoms. The summed E-state index contributed by atoms with van der Waals surface area (Å²) in [5, 5.41) is 3.04. The quantitative estimate of drug-likeness (QED) is 0.818. The largest absolute Gasteiger partial charge is 0.481 e. The van der Waals surface area contributed by atoms with Gasteiger partial charge in [-0.15, -0.1) is 0 Å². The summed E-state index contributed by atoms with van der Waals surface area (Å²) in [6.07, 6.45) is 2.15. The smallest absolute Gasteiger partial charge is 0.261 e. The minimum absolute atomic E-state index is 0.0160. The predicted octanol–water partition coefficient (Wildman–Crippen LogP) is 3.46. The van der Waals surface area contributed by atoms with Gasteiger partial charge in [-0.3, -0.25) is 4.79 Å². The highest BCUT2D eigenvalue weighted by Crippen LogP contribution is 2.15. The zero-order valence-corrected chi connectivity index (χ0v) is 12.4. The molecular formula is C16H25NO2. The molecule has 1 amide bonds. The maximum atomic E-state index is 12.2. The van der Waals surface area contributed by atoms with Gasteiger partial charge in [0.15, 0.2) is 6.10 Å². The molecule has 1 unspecified atom stereocenters. The first-order valence-corrected chi connectivity index (χ1v) is 7.14. The number of hydrogen-bond acceptors (Lipinski definition) is 2. The summed E-state index contributed by atoms with van der Waals surface area (Å²) in [7, 11) is 0. The maximum Gasteiger partial charge on any atom is 0.261 e. The molecule has 0 aromatic heterocycles. The van der Waals surface area contributed by atoms with Gasteiger partial charge in [-0.1, -0.05) is 32.9 Å². The zero-order valence-electron chi connectivity index (χ0n) is 12.4. The SMILES string of the molecule is CCC(CC)NC(=O)C(CC)Oc1cccc(C)c1. The van der Waals surface area contributed by atoms with E-state index < -0.39 is 6.10 Å². The number of hydrogen-bond donors (Lipinski definition) is 1. The van der Waals surface area contributed by atoms with Crippen LogP contribution in [-0.2, 0) is 4.79 Å². The summed E-state index contributed by atoms with van der Waals surface area (Å²) in [4.78, 5) is 12.2. The van der Waals surface area contributed by atoms with Gasteiger partial charge in [0.25, 0.3) is 5.91 Å². The first-order chi connectivity index (χ1) is 9.10. The van der Waals surface area contributed by atoms with Crippen molar-refractivity contribution >= 4 is 5.91 Å². The van der Waals surface area contributed by atoms with E-state index >= 15 is 0 Å². The molecule has 0 saturated heterocycles. The number of ether oxygens (including phenoxy) is 1. The lowest BCUT2D eigenvalue weighted by Gasteiger charge is -2.21. The third-order valence-corrected chi connectivity index (χ3v) is 3.26. The van der Waals surface area contributed by atoms with Crippen molar-refractivity contribution in [1.82, 2.24) is 5.32 Å². The summed E-state index contributed by atoms with van der Waals surface area (Å²) in [6, 6.07) is 8.03. The van der Waals surface area contributed by atoms with Crippen molar-refractivity contribution in [2.75, 3.05) is 0 Å². The summed E-state index contributed by atoms with van der Waals surface area (Å²) < 4.78 is 5.78. The van der Waals surface area contributed by atoms with Crippen molar-refractivity contribution in [2.24, 2.45) is 0 Å². The number of rotatable bonds is 7. The molecule has 0 radical (unpaired) electrons. The van der Waals surface area contributed by atoms with Gasteiger partial charge < -0.3 is 10.1 Å². The van der Waals surface area contributed by atoms with Crippen molar-refractivity contribution in [3.05, 3.63) is 29.8 Å². The lowest BCUT2D eigenvalue weighted by atomic mass is 10.1. The van der Waals surface area contributed by atoms with Gasteiger partial charge in [0, 0.05) is 6.04 Å². The van der Waals surface area contributed by atoms with Gasteiger partial charge >= 0.3 is 0 Å². The van der Waals surface area contributed by atoms with E-state index in [-0.39, 0.29) is 11.9 Å². The fourth-order valence-electron chi connectivity index (χ4n) is 1.96. The van der Waals surface area contributed by atoms with E-state index in [4.69, 9.17) is 4.74 Å². The molecular weight excluding hydrogens is 238 g/mol. The maximum absolute atomic E-state index is 12.2. The summed E-state index contributed by atoms with van der Waals surface area (Å²) >= 11 is 0. The Hall–Kier alpha value is -1.51. The Labute approximate surface area is 116 Å². The topological polar surface area (TPSA) is 38.3 Å². The van der Waals surface area contributed by atoms with Crippen LogP contribution in [0, 0.1) is 6.92 Å². The molecule has 0 saturated carbocycles. The number of nitrogens with one attached hydrogen (secondary N) is 1. The molecule has 0 aliphatic heterocycles. The van der Waals surface area contributed by atoms with Gasteiger partial charge in [-0.25, -0.2) is 0 Å². The monoisotopic (exact) mass is 263 g/mol. The van der Waals surface area contributed by atoms with Crippen LogP contribution < -0.4 is 10.1 Å². The van der Waals surface area contributed by atoms with Crippen LogP contribution in [0.1, 0.15) is 45.6 Å². The van der Waals surface area contributed by atoms with Crippen LogP contribution in [-0.4, -0.2) is 18.1 Å². The molecule has 1 aromatic rings. The van der Waals surface area contributed by atoms with Crippen LogP contribution in [0.5, 0.6) is 5.75 Å². The van der Waals surface area contributed by atoms with Crippen LogP contribution in [0.4, 0.5) is 0 Å². The molecule has 0 aliphatic carbocycles.